The molecule has 0 radical (unpaired) electrons. The maximum absolute atomic E-state index is 9.92. The minimum Gasteiger partial charge on any atom is -0.490 e. The van der Waals surface area contributed by atoms with Crippen LogP contribution in [0.15, 0.2) is 29.7 Å². The third-order valence-corrected chi connectivity index (χ3v) is 6.17. The number of rotatable bonds is 10. The zero-order valence-corrected chi connectivity index (χ0v) is 19.9. The molecule has 1 fully saturated rings. The molecule has 0 aliphatic carbocycles. The van der Waals surface area contributed by atoms with Gasteiger partial charge in [0.25, 0.3) is 0 Å². The van der Waals surface area contributed by atoms with E-state index in [-0.39, 0.29) is 11.8 Å². The van der Waals surface area contributed by atoms with E-state index in [0.717, 1.165) is 68.9 Å². The summed E-state index contributed by atoms with van der Waals surface area (Å²) in [4.78, 5) is 2.32. The topological polar surface area (TPSA) is 119 Å². The second kappa shape index (κ2) is 11.3. The largest absolute Gasteiger partial charge is 0.490 e. The van der Waals surface area contributed by atoms with Crippen molar-refractivity contribution in [2.24, 2.45) is 5.73 Å². The molecule has 1 aromatic heterocycles. The van der Waals surface area contributed by atoms with Crippen molar-refractivity contribution in [2.45, 2.75) is 39.0 Å². The molecule has 3 heterocycles. The number of unbranched alkanes of at least 4 members (excludes halogenated alkanes) is 1. The molecule has 2 aromatic rings. The number of aromatic nitrogens is 2. The van der Waals surface area contributed by atoms with E-state index in [1.165, 1.54) is 0 Å². The summed E-state index contributed by atoms with van der Waals surface area (Å²) in [6.45, 7) is 9.32. The van der Waals surface area contributed by atoms with Gasteiger partial charge in [-0.15, -0.1) is 5.10 Å². The van der Waals surface area contributed by atoms with Gasteiger partial charge in [0.05, 0.1) is 25.7 Å². The molecule has 1 saturated heterocycles. The van der Waals surface area contributed by atoms with Crippen LogP contribution in [0.3, 0.4) is 0 Å². The molecule has 2 aliphatic rings. The molecular weight excluding hydrogens is 434 g/mol. The Kier molecular flexibility index (Phi) is 7.93. The van der Waals surface area contributed by atoms with Crippen molar-refractivity contribution in [3.05, 3.63) is 46.5 Å². The van der Waals surface area contributed by atoms with Crippen LogP contribution in [0, 0.1) is 11.3 Å². The Bertz CT molecular complexity index is 1050. The number of benzene rings is 1. The molecule has 4 rings (SSSR count). The minimum absolute atomic E-state index is 0.0809. The molecule has 0 saturated carbocycles. The number of nitrogens with two attached hydrogens (primary N) is 1. The van der Waals surface area contributed by atoms with Gasteiger partial charge in [-0.2, -0.15) is 5.26 Å². The van der Waals surface area contributed by atoms with Crippen LogP contribution < -0.4 is 19.9 Å². The standard InChI is InChI=1S/C25H33N5O4/c1-3-5-6-19-23-22(18(16-26)24(27)34-25(23)29-28-19)17-7-8-20(21(15-17)32-4-2)33-14-11-30-9-12-31-13-10-30/h7-8,15,22H,3-6,9-14,27H2,1-2H3,(H,28,29). The van der Waals surface area contributed by atoms with Crippen molar-refractivity contribution >= 4 is 0 Å². The van der Waals surface area contributed by atoms with Crippen molar-refractivity contribution < 1.29 is 18.9 Å². The van der Waals surface area contributed by atoms with E-state index >= 15 is 0 Å². The first-order chi connectivity index (χ1) is 16.7. The lowest BCUT2D eigenvalue weighted by molar-refractivity contribution is 0.0321. The van der Waals surface area contributed by atoms with Crippen LogP contribution in [-0.2, 0) is 11.2 Å². The first-order valence-electron chi connectivity index (χ1n) is 12.0. The lowest BCUT2D eigenvalue weighted by atomic mass is 9.83. The zero-order valence-electron chi connectivity index (χ0n) is 19.9. The third-order valence-electron chi connectivity index (χ3n) is 6.17. The van der Waals surface area contributed by atoms with Crippen LogP contribution in [0.2, 0.25) is 0 Å². The predicted molar refractivity (Wildman–Crippen MR) is 127 cm³/mol. The molecule has 3 N–H and O–H groups in total. The highest BCUT2D eigenvalue weighted by molar-refractivity contribution is 5.57. The number of aryl methyl sites for hydroxylation is 1. The van der Waals surface area contributed by atoms with E-state index in [0.29, 0.717) is 36.2 Å². The number of morpholine rings is 1. The normalized spacial score (nSPS) is 18.2. The van der Waals surface area contributed by atoms with Crippen LogP contribution in [0.25, 0.3) is 0 Å². The number of allylic oxidation sites excluding steroid dienone is 1. The highest BCUT2D eigenvalue weighted by Crippen LogP contribution is 2.45. The first kappa shape index (κ1) is 23.9. The Morgan fingerprint density at radius 2 is 2.06 bits per heavy atom. The van der Waals surface area contributed by atoms with Crippen LogP contribution in [0.4, 0.5) is 0 Å². The molecule has 34 heavy (non-hydrogen) atoms. The second-order valence-corrected chi connectivity index (χ2v) is 8.39. The van der Waals surface area contributed by atoms with Gasteiger partial charge in [0.15, 0.2) is 11.5 Å². The van der Waals surface area contributed by atoms with Crippen LogP contribution in [0.1, 0.15) is 49.4 Å². The molecule has 9 nitrogen and oxygen atoms in total. The van der Waals surface area contributed by atoms with Crippen LogP contribution >= 0.6 is 0 Å². The molecule has 1 atom stereocenters. The van der Waals surface area contributed by atoms with Crippen molar-refractivity contribution in [3.8, 4) is 23.4 Å². The highest BCUT2D eigenvalue weighted by Gasteiger charge is 2.35. The second-order valence-electron chi connectivity index (χ2n) is 8.39. The number of hydrogen-bond acceptors (Lipinski definition) is 8. The Morgan fingerprint density at radius 3 is 2.79 bits per heavy atom. The van der Waals surface area contributed by atoms with E-state index in [2.05, 4.69) is 28.1 Å². The number of hydrogen-bond donors (Lipinski definition) is 2. The summed E-state index contributed by atoms with van der Waals surface area (Å²) in [5, 5.41) is 17.3. The summed E-state index contributed by atoms with van der Waals surface area (Å²) < 4.78 is 23.1. The smallest absolute Gasteiger partial charge is 0.244 e. The minimum atomic E-state index is -0.388. The van der Waals surface area contributed by atoms with Gasteiger partial charge in [0.2, 0.25) is 11.8 Å². The van der Waals surface area contributed by atoms with Gasteiger partial charge >= 0.3 is 0 Å². The fourth-order valence-corrected chi connectivity index (χ4v) is 4.39. The van der Waals surface area contributed by atoms with Gasteiger partial charge in [0, 0.05) is 30.9 Å². The van der Waals surface area contributed by atoms with Crippen molar-refractivity contribution in [1.29, 1.82) is 5.26 Å². The molecule has 1 aromatic carbocycles. The number of aromatic amines is 1. The van der Waals surface area contributed by atoms with Gasteiger partial charge in [-0.05, 0) is 37.5 Å². The van der Waals surface area contributed by atoms with E-state index in [1.807, 2.05) is 25.1 Å². The van der Waals surface area contributed by atoms with Gasteiger partial charge in [-0.1, -0.05) is 19.4 Å². The molecular formula is C25H33N5O4. The number of nitriles is 1. The monoisotopic (exact) mass is 467 g/mol. The molecule has 0 spiro atoms. The molecule has 1 unspecified atom stereocenters. The van der Waals surface area contributed by atoms with Gasteiger partial charge in [-0.3, -0.25) is 10.00 Å². The maximum atomic E-state index is 9.92. The number of nitrogens with one attached hydrogen (secondary N) is 1. The summed E-state index contributed by atoms with van der Waals surface area (Å²) in [5.74, 6) is 1.44. The fraction of sp³-hybridized carbons (Fsp3) is 0.520. The highest BCUT2D eigenvalue weighted by atomic mass is 16.5. The van der Waals surface area contributed by atoms with E-state index in [4.69, 9.17) is 24.7 Å². The Morgan fingerprint density at radius 1 is 1.24 bits per heavy atom. The lowest BCUT2D eigenvalue weighted by Gasteiger charge is -2.27. The quantitative estimate of drug-likeness (QED) is 0.547. The Balaban J connectivity index is 1.61. The third kappa shape index (κ3) is 5.13. The summed E-state index contributed by atoms with van der Waals surface area (Å²) in [5.41, 5.74) is 9.20. The van der Waals surface area contributed by atoms with Crippen molar-refractivity contribution in [1.82, 2.24) is 15.1 Å². The summed E-state index contributed by atoms with van der Waals surface area (Å²) in [6.07, 6.45) is 2.87. The van der Waals surface area contributed by atoms with E-state index in [1.54, 1.807) is 0 Å². The SMILES string of the molecule is CCCCc1[nH]nc2c1C(c1ccc(OCCN3CCOCC3)c(OCC)c1)C(C#N)=C(N)O2. The Hall–Kier alpha value is -3.22. The predicted octanol–water partition coefficient (Wildman–Crippen LogP) is 3.08. The van der Waals surface area contributed by atoms with Gasteiger partial charge < -0.3 is 24.7 Å². The first-order valence-corrected chi connectivity index (χ1v) is 12.0. The lowest BCUT2D eigenvalue weighted by Crippen LogP contribution is -2.38. The summed E-state index contributed by atoms with van der Waals surface area (Å²) in [6, 6.07) is 8.07. The zero-order chi connectivity index (χ0) is 23.9. The van der Waals surface area contributed by atoms with Gasteiger partial charge in [-0.25, -0.2) is 0 Å². The number of nitrogens with zero attached hydrogens (tertiary/aromatic N) is 3. The van der Waals surface area contributed by atoms with Gasteiger partial charge in [0.1, 0.15) is 18.2 Å². The van der Waals surface area contributed by atoms with Crippen molar-refractivity contribution in [2.75, 3.05) is 46.1 Å². The van der Waals surface area contributed by atoms with E-state index < -0.39 is 0 Å². The van der Waals surface area contributed by atoms with Crippen LogP contribution in [0.5, 0.6) is 17.4 Å². The fourth-order valence-electron chi connectivity index (χ4n) is 4.39. The number of H-pyrrole nitrogens is 1. The maximum Gasteiger partial charge on any atom is 0.244 e. The molecule has 0 amide bonds. The molecule has 9 heteroatoms. The Labute approximate surface area is 200 Å². The molecule has 182 valence electrons. The summed E-state index contributed by atoms with van der Waals surface area (Å²) in [7, 11) is 0. The average Bonchev–Trinajstić information content (AvgIpc) is 3.25. The number of fused-ring (bicyclic) bond motifs is 1. The number of ether oxygens (including phenoxy) is 4. The summed E-state index contributed by atoms with van der Waals surface area (Å²) >= 11 is 0. The van der Waals surface area contributed by atoms with Crippen molar-refractivity contribution in [3.63, 3.8) is 0 Å². The molecule has 0 bridgehead atoms. The molecule has 2 aliphatic heterocycles. The van der Waals surface area contributed by atoms with Crippen LogP contribution in [-0.4, -0.2) is 61.2 Å². The average molecular weight is 468 g/mol. The van der Waals surface area contributed by atoms with E-state index in [9.17, 15) is 5.26 Å².